The van der Waals surface area contributed by atoms with Gasteiger partial charge in [-0.05, 0) is 50.3 Å². The summed E-state index contributed by atoms with van der Waals surface area (Å²) in [7, 11) is 0. The van der Waals surface area contributed by atoms with Crippen LogP contribution in [0.25, 0.3) is 10.9 Å². The van der Waals surface area contributed by atoms with E-state index in [1.165, 1.54) is 6.20 Å². The lowest BCUT2D eigenvalue weighted by Crippen LogP contribution is -2.33. The fourth-order valence-corrected chi connectivity index (χ4v) is 3.09. The second kappa shape index (κ2) is 10.1. The second-order valence-corrected chi connectivity index (χ2v) is 7.09. The van der Waals surface area contributed by atoms with Gasteiger partial charge in [0.15, 0.2) is 5.11 Å². The molecule has 0 radical (unpaired) electrons. The number of pyridine rings is 1. The maximum absolute atomic E-state index is 11.8. The largest absolute Gasteiger partial charge is 0.462 e. The number of aryl methyl sites for hydroxylation is 1. The van der Waals surface area contributed by atoms with E-state index in [-0.39, 0.29) is 0 Å². The summed E-state index contributed by atoms with van der Waals surface area (Å²) in [4.78, 5) is 24.5. The van der Waals surface area contributed by atoms with Crippen LogP contribution in [0.3, 0.4) is 0 Å². The summed E-state index contributed by atoms with van der Waals surface area (Å²) in [5.41, 5.74) is 2.64. The van der Waals surface area contributed by atoms with Crippen molar-refractivity contribution in [2.45, 2.75) is 13.8 Å². The highest BCUT2D eigenvalue weighted by atomic mass is 35.5. The van der Waals surface area contributed by atoms with Crippen LogP contribution in [0.15, 0.2) is 36.7 Å². The van der Waals surface area contributed by atoms with Gasteiger partial charge in [-0.3, -0.25) is 4.98 Å². The maximum Gasteiger partial charge on any atom is 0.341 e. The lowest BCUT2D eigenvalue weighted by molar-refractivity contribution is 0.0524. The first-order chi connectivity index (χ1) is 14.5. The number of carbonyl (C=O) groups excluding carboxylic acids is 1. The summed E-state index contributed by atoms with van der Waals surface area (Å²) in [6.45, 7) is 4.96. The number of aromatic nitrogens is 3. The summed E-state index contributed by atoms with van der Waals surface area (Å²) in [5, 5.41) is 11.4. The van der Waals surface area contributed by atoms with E-state index in [1.54, 1.807) is 20.0 Å². The van der Waals surface area contributed by atoms with Crippen LogP contribution in [-0.4, -0.2) is 45.7 Å². The van der Waals surface area contributed by atoms with E-state index in [2.05, 4.69) is 30.9 Å². The Balaban J connectivity index is 1.50. The van der Waals surface area contributed by atoms with Gasteiger partial charge >= 0.3 is 5.97 Å². The Hall–Kier alpha value is -3.04. The summed E-state index contributed by atoms with van der Waals surface area (Å²) in [5.74, 6) is -0.137. The van der Waals surface area contributed by atoms with Gasteiger partial charge in [-0.2, -0.15) is 0 Å². The highest BCUT2D eigenvalue weighted by Gasteiger charge is 2.13. The molecule has 0 bridgehead atoms. The monoisotopic (exact) mass is 444 g/mol. The van der Waals surface area contributed by atoms with Crippen molar-refractivity contribution in [1.29, 1.82) is 0 Å². The van der Waals surface area contributed by atoms with Gasteiger partial charge in [0, 0.05) is 41.6 Å². The fraction of sp³-hybridized carbons (Fsp3) is 0.250. The molecule has 156 valence electrons. The topological polar surface area (TPSA) is 101 Å². The molecule has 30 heavy (non-hydrogen) atoms. The molecule has 0 atom stereocenters. The molecule has 3 rings (SSSR count). The van der Waals surface area contributed by atoms with Crippen LogP contribution >= 0.6 is 23.8 Å². The zero-order valence-corrected chi connectivity index (χ0v) is 18.1. The molecule has 2 aromatic heterocycles. The van der Waals surface area contributed by atoms with Gasteiger partial charge < -0.3 is 20.7 Å². The highest BCUT2D eigenvalue weighted by molar-refractivity contribution is 7.80. The predicted molar refractivity (Wildman–Crippen MR) is 122 cm³/mol. The van der Waals surface area contributed by atoms with Crippen molar-refractivity contribution in [1.82, 2.24) is 20.3 Å². The Kier molecular flexibility index (Phi) is 7.31. The number of fused-ring (bicyclic) bond motifs is 1. The Labute approximate surface area is 184 Å². The second-order valence-electron chi connectivity index (χ2n) is 6.24. The third-order valence-electron chi connectivity index (χ3n) is 4.13. The first-order valence-electron chi connectivity index (χ1n) is 9.31. The fourth-order valence-electron chi connectivity index (χ4n) is 2.73. The van der Waals surface area contributed by atoms with Gasteiger partial charge in [-0.15, -0.1) is 0 Å². The first-order valence-corrected chi connectivity index (χ1v) is 10.1. The van der Waals surface area contributed by atoms with E-state index >= 15 is 0 Å². The van der Waals surface area contributed by atoms with E-state index in [9.17, 15) is 4.79 Å². The number of hydrogen-bond acceptors (Lipinski definition) is 7. The molecular formula is C20H21ClN6O2S. The molecule has 0 spiro atoms. The zero-order chi connectivity index (χ0) is 21.5. The molecule has 2 heterocycles. The molecule has 0 amide bonds. The summed E-state index contributed by atoms with van der Waals surface area (Å²) < 4.78 is 4.97. The molecule has 0 saturated carbocycles. The summed E-state index contributed by atoms with van der Waals surface area (Å²) in [6, 6.07) is 7.51. The average Bonchev–Trinajstić information content (AvgIpc) is 2.71. The molecule has 0 aliphatic rings. The SMILES string of the molecule is CCOC(=O)c1cnc(NC(=S)NCCNc2ccnc3cc(Cl)ccc23)nc1C. The molecular weight excluding hydrogens is 424 g/mol. The van der Waals surface area contributed by atoms with Crippen molar-refractivity contribution < 1.29 is 9.53 Å². The number of ether oxygens (including phenoxy) is 1. The number of carbonyl (C=O) groups is 1. The first kappa shape index (κ1) is 21.7. The quantitative estimate of drug-likeness (QED) is 0.287. The van der Waals surface area contributed by atoms with E-state index in [0.29, 0.717) is 47.0 Å². The number of nitrogens with one attached hydrogen (secondary N) is 3. The molecule has 0 aliphatic heterocycles. The Morgan fingerprint density at radius 1 is 1.23 bits per heavy atom. The standard InChI is InChI=1S/C20H21ClN6O2S/c1-3-29-18(28)15-11-25-19(26-12(15)2)27-20(30)24-9-8-23-16-6-7-22-17-10-13(21)4-5-14(16)17/h4-7,10-11H,3,8-9H2,1-2H3,(H,22,23)(H2,24,25,26,27,30). The number of benzene rings is 1. The van der Waals surface area contributed by atoms with Crippen LogP contribution < -0.4 is 16.0 Å². The number of hydrogen-bond donors (Lipinski definition) is 3. The average molecular weight is 445 g/mol. The smallest absolute Gasteiger partial charge is 0.341 e. The van der Waals surface area contributed by atoms with E-state index in [0.717, 1.165) is 16.6 Å². The van der Waals surface area contributed by atoms with Crippen molar-refractivity contribution in [2.24, 2.45) is 0 Å². The van der Waals surface area contributed by atoms with Crippen molar-refractivity contribution in [3.8, 4) is 0 Å². The minimum absolute atomic E-state index is 0.295. The van der Waals surface area contributed by atoms with Crippen molar-refractivity contribution in [2.75, 3.05) is 30.3 Å². The Bertz CT molecular complexity index is 1080. The van der Waals surface area contributed by atoms with E-state index < -0.39 is 5.97 Å². The number of nitrogens with zero attached hydrogens (tertiary/aromatic N) is 3. The predicted octanol–water partition coefficient (Wildman–Crippen LogP) is 3.56. The maximum atomic E-state index is 11.8. The highest BCUT2D eigenvalue weighted by Crippen LogP contribution is 2.24. The third-order valence-corrected chi connectivity index (χ3v) is 4.61. The minimum Gasteiger partial charge on any atom is -0.462 e. The lowest BCUT2D eigenvalue weighted by atomic mass is 10.2. The number of anilines is 2. The zero-order valence-electron chi connectivity index (χ0n) is 16.5. The van der Waals surface area contributed by atoms with Crippen LogP contribution in [0.4, 0.5) is 11.6 Å². The molecule has 0 unspecified atom stereocenters. The van der Waals surface area contributed by atoms with E-state index in [1.807, 2.05) is 24.3 Å². The number of thiocarbonyl (C=S) groups is 1. The molecule has 0 fully saturated rings. The minimum atomic E-state index is -0.445. The van der Waals surface area contributed by atoms with Crippen molar-refractivity contribution in [3.63, 3.8) is 0 Å². The number of halogens is 1. The van der Waals surface area contributed by atoms with Crippen molar-refractivity contribution in [3.05, 3.63) is 52.9 Å². The van der Waals surface area contributed by atoms with Crippen LogP contribution in [0, 0.1) is 6.92 Å². The van der Waals surface area contributed by atoms with Gasteiger partial charge in [0.05, 0.1) is 23.4 Å². The van der Waals surface area contributed by atoms with Gasteiger partial charge in [-0.1, -0.05) is 11.6 Å². The van der Waals surface area contributed by atoms with E-state index in [4.69, 9.17) is 28.6 Å². The molecule has 0 saturated heterocycles. The van der Waals surface area contributed by atoms with Crippen LogP contribution in [0.2, 0.25) is 5.02 Å². The lowest BCUT2D eigenvalue weighted by Gasteiger charge is -2.12. The third kappa shape index (κ3) is 5.52. The van der Waals surface area contributed by atoms with Crippen molar-refractivity contribution >= 4 is 57.4 Å². The Morgan fingerprint density at radius 2 is 2.07 bits per heavy atom. The summed E-state index contributed by atoms with van der Waals surface area (Å²) in [6.07, 6.45) is 3.16. The summed E-state index contributed by atoms with van der Waals surface area (Å²) >= 11 is 11.3. The molecule has 0 aliphatic carbocycles. The molecule has 10 heteroatoms. The number of rotatable bonds is 7. The van der Waals surface area contributed by atoms with Gasteiger partial charge in [0.1, 0.15) is 0 Å². The number of esters is 1. The van der Waals surface area contributed by atoms with Gasteiger partial charge in [0.2, 0.25) is 5.95 Å². The molecule has 8 nitrogen and oxygen atoms in total. The van der Waals surface area contributed by atoms with Crippen LogP contribution in [0.5, 0.6) is 0 Å². The Morgan fingerprint density at radius 3 is 2.83 bits per heavy atom. The molecule has 1 aromatic carbocycles. The van der Waals surface area contributed by atoms with Gasteiger partial charge in [-0.25, -0.2) is 14.8 Å². The van der Waals surface area contributed by atoms with Crippen LogP contribution in [-0.2, 0) is 4.74 Å². The normalized spacial score (nSPS) is 10.5. The van der Waals surface area contributed by atoms with Gasteiger partial charge in [0.25, 0.3) is 0 Å². The van der Waals surface area contributed by atoms with Crippen LogP contribution in [0.1, 0.15) is 23.0 Å². The molecule has 3 N–H and O–H groups in total. The molecule has 3 aromatic rings.